The molecule has 1 nitrogen and oxygen atoms in total. The predicted octanol–water partition coefficient (Wildman–Crippen LogP) is 2.94. The Balaban J connectivity index is 2.39. The van der Waals surface area contributed by atoms with Crippen LogP contribution in [0.3, 0.4) is 0 Å². The summed E-state index contributed by atoms with van der Waals surface area (Å²) >= 11 is 0. The van der Waals surface area contributed by atoms with Crippen LogP contribution in [0.2, 0.25) is 0 Å². The Hall–Kier alpha value is -0.550. The van der Waals surface area contributed by atoms with Crippen molar-refractivity contribution in [3.8, 4) is 5.75 Å². The summed E-state index contributed by atoms with van der Waals surface area (Å²) in [6.07, 6.45) is 0.901. The van der Waals surface area contributed by atoms with E-state index in [2.05, 4.69) is 39.0 Å². The van der Waals surface area contributed by atoms with Crippen molar-refractivity contribution >= 4 is 13.2 Å². The van der Waals surface area contributed by atoms with Gasteiger partial charge >= 0.3 is 0 Å². The summed E-state index contributed by atoms with van der Waals surface area (Å²) in [7, 11) is -0.124. The maximum atomic E-state index is 5.67. The van der Waals surface area contributed by atoms with Crippen molar-refractivity contribution in [2.45, 2.75) is 25.9 Å². The minimum absolute atomic E-state index is 0.124. The third-order valence-electron chi connectivity index (χ3n) is 2.31. The molecule has 0 N–H and O–H groups in total. The highest BCUT2D eigenvalue weighted by Crippen LogP contribution is 2.53. The second-order valence-corrected chi connectivity index (χ2v) is 7.28. The van der Waals surface area contributed by atoms with E-state index in [1.165, 1.54) is 5.30 Å². The van der Waals surface area contributed by atoms with Gasteiger partial charge in [-0.3, -0.25) is 0 Å². The van der Waals surface area contributed by atoms with Crippen LogP contribution in [0.1, 0.15) is 20.8 Å². The molecule has 2 rings (SSSR count). The summed E-state index contributed by atoms with van der Waals surface area (Å²) in [5, 5.41) is 1.80. The summed E-state index contributed by atoms with van der Waals surface area (Å²) in [5.41, 5.74) is 0. The second kappa shape index (κ2) is 2.99. The molecule has 1 aromatic rings. The molecule has 0 saturated carbocycles. The lowest BCUT2D eigenvalue weighted by atomic mass is 10.3. The van der Waals surface area contributed by atoms with Gasteiger partial charge in [-0.2, -0.15) is 0 Å². The van der Waals surface area contributed by atoms with Crippen LogP contribution in [0.15, 0.2) is 24.3 Å². The second-order valence-electron chi connectivity index (χ2n) is 4.34. The molecule has 0 amide bonds. The van der Waals surface area contributed by atoms with E-state index in [0.717, 1.165) is 12.1 Å². The zero-order valence-corrected chi connectivity index (χ0v) is 9.27. The van der Waals surface area contributed by atoms with E-state index in [1.54, 1.807) is 0 Å². The summed E-state index contributed by atoms with van der Waals surface area (Å²) in [6.45, 7) is 6.89. The van der Waals surface area contributed by atoms with Gasteiger partial charge in [0.15, 0.2) is 0 Å². The Morgan fingerprint density at radius 1 is 1.23 bits per heavy atom. The maximum absolute atomic E-state index is 5.67. The Morgan fingerprint density at radius 3 is 2.62 bits per heavy atom. The van der Waals surface area contributed by atoms with Crippen LogP contribution in [0.5, 0.6) is 5.75 Å². The highest BCUT2D eigenvalue weighted by Gasteiger charge is 2.32. The molecule has 0 fully saturated rings. The van der Waals surface area contributed by atoms with Crippen molar-refractivity contribution in [3.05, 3.63) is 24.3 Å². The zero-order chi connectivity index (χ0) is 9.47. The van der Waals surface area contributed by atoms with Gasteiger partial charge in [0.25, 0.3) is 0 Å². The van der Waals surface area contributed by atoms with E-state index in [1.807, 2.05) is 6.07 Å². The lowest BCUT2D eigenvalue weighted by molar-refractivity contribution is 0.400. The van der Waals surface area contributed by atoms with Gasteiger partial charge in [0.2, 0.25) is 0 Å². The van der Waals surface area contributed by atoms with Gasteiger partial charge in [0.05, 0.1) is 0 Å². The van der Waals surface area contributed by atoms with E-state index in [0.29, 0.717) is 5.16 Å². The Bertz CT molecular complexity index is 314. The van der Waals surface area contributed by atoms with E-state index >= 15 is 0 Å². The summed E-state index contributed by atoms with van der Waals surface area (Å²) < 4.78 is 5.67. The fraction of sp³-hybridized carbons (Fsp3) is 0.455. The van der Waals surface area contributed by atoms with Crippen molar-refractivity contribution in [2.24, 2.45) is 0 Å². The van der Waals surface area contributed by atoms with Crippen molar-refractivity contribution < 1.29 is 4.74 Å². The first-order valence-corrected chi connectivity index (χ1v) is 6.11. The summed E-state index contributed by atoms with van der Waals surface area (Å²) in [6, 6.07) is 8.43. The van der Waals surface area contributed by atoms with Gasteiger partial charge in [-0.15, -0.1) is 0 Å². The Morgan fingerprint density at radius 2 is 1.92 bits per heavy atom. The van der Waals surface area contributed by atoms with Crippen molar-refractivity contribution in [1.82, 2.24) is 0 Å². The number of hydrogen-bond acceptors (Lipinski definition) is 1. The lowest BCUT2D eigenvalue weighted by Gasteiger charge is -2.25. The average molecular weight is 194 g/mol. The monoisotopic (exact) mass is 194 g/mol. The van der Waals surface area contributed by atoms with Crippen LogP contribution in [-0.2, 0) is 0 Å². The first kappa shape index (κ1) is 9.02. The van der Waals surface area contributed by atoms with Crippen LogP contribution < -0.4 is 10.0 Å². The van der Waals surface area contributed by atoms with E-state index in [9.17, 15) is 0 Å². The molecule has 1 heterocycles. The quantitative estimate of drug-likeness (QED) is 0.577. The van der Waals surface area contributed by atoms with Gasteiger partial charge in [-0.05, 0) is 19.1 Å². The first-order valence-electron chi connectivity index (χ1n) is 4.58. The standard InChI is InChI=1S/C11H15OP/c1-11(2,3)13-8-12-9-6-4-5-7-10(9)13/h4-7H,8H2,1-3H3/t13-/m1/s1. The van der Waals surface area contributed by atoms with E-state index in [-0.39, 0.29) is 7.92 Å². The predicted molar refractivity (Wildman–Crippen MR) is 58.2 cm³/mol. The van der Waals surface area contributed by atoms with Gasteiger partial charge in [-0.1, -0.05) is 39.0 Å². The van der Waals surface area contributed by atoms with Crippen LogP contribution in [0.25, 0.3) is 0 Å². The molecule has 0 saturated heterocycles. The molecule has 1 aliphatic rings. The number of rotatable bonds is 0. The molecule has 0 aliphatic carbocycles. The number of fused-ring (bicyclic) bond motifs is 1. The maximum Gasteiger partial charge on any atom is 0.127 e. The van der Waals surface area contributed by atoms with Gasteiger partial charge in [0, 0.05) is 5.30 Å². The van der Waals surface area contributed by atoms with Gasteiger partial charge in [-0.25, -0.2) is 0 Å². The van der Waals surface area contributed by atoms with Gasteiger partial charge < -0.3 is 4.74 Å². The molecule has 70 valence electrons. The molecule has 2 heteroatoms. The van der Waals surface area contributed by atoms with E-state index in [4.69, 9.17) is 4.74 Å². The minimum atomic E-state index is -0.124. The highest BCUT2D eigenvalue weighted by atomic mass is 31.1. The molecule has 1 aromatic carbocycles. The number of benzene rings is 1. The van der Waals surface area contributed by atoms with Crippen molar-refractivity contribution in [1.29, 1.82) is 0 Å². The third kappa shape index (κ3) is 1.58. The normalized spacial score (nSPS) is 21.0. The molecule has 1 atom stereocenters. The molecular weight excluding hydrogens is 179 g/mol. The molecule has 1 aliphatic heterocycles. The van der Waals surface area contributed by atoms with Crippen molar-refractivity contribution in [2.75, 3.05) is 6.35 Å². The third-order valence-corrected chi connectivity index (χ3v) is 5.27. The molecule has 0 unspecified atom stereocenters. The van der Waals surface area contributed by atoms with Crippen LogP contribution in [0.4, 0.5) is 0 Å². The molecule has 0 bridgehead atoms. The van der Waals surface area contributed by atoms with Gasteiger partial charge in [0.1, 0.15) is 12.1 Å². The van der Waals surface area contributed by atoms with Crippen LogP contribution in [-0.4, -0.2) is 11.5 Å². The van der Waals surface area contributed by atoms with Crippen LogP contribution >= 0.6 is 7.92 Å². The zero-order valence-electron chi connectivity index (χ0n) is 8.37. The smallest absolute Gasteiger partial charge is 0.127 e. The molecule has 0 radical (unpaired) electrons. The molecular formula is C11H15OP. The number of para-hydroxylation sites is 1. The Kier molecular flexibility index (Phi) is 2.08. The SMILES string of the molecule is CC(C)(C)[P@]1COc2ccccc21. The fourth-order valence-corrected chi connectivity index (χ4v) is 3.75. The summed E-state index contributed by atoms with van der Waals surface area (Å²) in [5.74, 6) is 1.10. The minimum Gasteiger partial charge on any atom is -0.488 e. The molecule has 0 aromatic heterocycles. The average Bonchev–Trinajstić information content (AvgIpc) is 2.45. The molecule has 13 heavy (non-hydrogen) atoms. The first-order chi connectivity index (χ1) is 6.09. The lowest BCUT2D eigenvalue weighted by Crippen LogP contribution is -2.17. The largest absolute Gasteiger partial charge is 0.488 e. The number of hydrogen-bond donors (Lipinski definition) is 0. The van der Waals surface area contributed by atoms with Crippen molar-refractivity contribution in [3.63, 3.8) is 0 Å². The number of ether oxygens (including phenoxy) is 1. The highest BCUT2D eigenvalue weighted by molar-refractivity contribution is 7.67. The topological polar surface area (TPSA) is 9.23 Å². The molecule has 0 spiro atoms. The summed E-state index contributed by atoms with van der Waals surface area (Å²) in [4.78, 5) is 0. The van der Waals surface area contributed by atoms with Crippen LogP contribution in [0, 0.1) is 0 Å². The fourth-order valence-electron chi connectivity index (χ4n) is 1.56. The van der Waals surface area contributed by atoms with E-state index < -0.39 is 0 Å². The Labute approximate surface area is 80.9 Å².